The maximum absolute atomic E-state index is 12.7. The predicted molar refractivity (Wildman–Crippen MR) is 96.1 cm³/mol. The van der Waals surface area contributed by atoms with Crippen molar-refractivity contribution in [2.24, 2.45) is 4.99 Å². The first-order chi connectivity index (χ1) is 11.1. The number of hydrogen-bond acceptors (Lipinski definition) is 6. The van der Waals surface area contributed by atoms with Crippen LogP contribution in [0.15, 0.2) is 47.6 Å². The number of carbonyl (C=O) groups excluding carboxylic acids is 2. The molecule has 0 fully saturated rings. The molecule has 0 saturated heterocycles. The Labute approximate surface area is 150 Å². The molecular weight excluding hydrogens is 425 g/mol. The summed E-state index contributed by atoms with van der Waals surface area (Å²) in [6.45, 7) is 0. The molecule has 1 heterocycles. The average molecular weight is 433 g/mol. The number of halogens is 1. The van der Waals surface area contributed by atoms with Crippen molar-refractivity contribution in [1.82, 2.24) is 4.98 Å². The lowest BCUT2D eigenvalue weighted by molar-refractivity contribution is 0.0965. The number of rotatable bonds is 2. The lowest BCUT2D eigenvalue weighted by Crippen LogP contribution is -2.39. The molecule has 1 aliphatic rings. The van der Waals surface area contributed by atoms with Gasteiger partial charge in [-0.15, -0.1) is 0 Å². The standard InChI is InChI=1S/C16H8IN3O2S/c17-9-3-5-10(6-4-9)20-13-14(21)11-2-1-7-19-12(11)15(22)16(13)23-8-18/h1-7,16H. The molecule has 0 saturated carbocycles. The van der Waals surface area contributed by atoms with Crippen LogP contribution in [-0.2, 0) is 0 Å². The van der Waals surface area contributed by atoms with E-state index in [1.165, 1.54) is 6.20 Å². The summed E-state index contributed by atoms with van der Waals surface area (Å²) in [7, 11) is 0. The van der Waals surface area contributed by atoms with E-state index in [1.807, 2.05) is 17.5 Å². The van der Waals surface area contributed by atoms with Crippen molar-refractivity contribution in [2.75, 3.05) is 0 Å². The van der Waals surface area contributed by atoms with Crippen molar-refractivity contribution in [1.29, 1.82) is 5.26 Å². The predicted octanol–water partition coefficient (Wildman–Crippen LogP) is 3.42. The SMILES string of the molecule is N#CSC1C(=O)c2ncccc2C(=O)C1=Nc1ccc(I)cc1. The number of thiocyanates is 1. The molecule has 2 aromatic rings. The number of fused-ring (bicyclic) bond motifs is 1. The van der Waals surface area contributed by atoms with E-state index in [0.717, 1.165) is 15.3 Å². The summed E-state index contributed by atoms with van der Waals surface area (Å²) in [4.78, 5) is 33.5. The Bertz CT molecular complexity index is 872. The van der Waals surface area contributed by atoms with E-state index in [9.17, 15) is 9.59 Å². The van der Waals surface area contributed by atoms with Crippen LogP contribution in [-0.4, -0.2) is 27.5 Å². The Morgan fingerprint density at radius 2 is 1.96 bits per heavy atom. The Kier molecular flexibility index (Phi) is 4.54. The fourth-order valence-electron chi connectivity index (χ4n) is 2.22. The molecule has 0 bridgehead atoms. The summed E-state index contributed by atoms with van der Waals surface area (Å²) < 4.78 is 1.04. The molecular formula is C16H8IN3O2S. The van der Waals surface area contributed by atoms with Gasteiger partial charge in [0, 0.05) is 9.77 Å². The van der Waals surface area contributed by atoms with E-state index in [1.54, 1.807) is 24.3 Å². The third kappa shape index (κ3) is 3.04. The third-order valence-electron chi connectivity index (χ3n) is 3.25. The monoisotopic (exact) mass is 433 g/mol. The molecule has 3 rings (SSSR count). The zero-order chi connectivity index (χ0) is 16.4. The number of nitrogens with zero attached hydrogens (tertiary/aromatic N) is 3. The quantitative estimate of drug-likeness (QED) is 0.536. The number of hydrogen-bond donors (Lipinski definition) is 0. The van der Waals surface area contributed by atoms with Crippen molar-refractivity contribution >= 4 is 57.3 Å². The zero-order valence-electron chi connectivity index (χ0n) is 11.6. The summed E-state index contributed by atoms with van der Waals surface area (Å²) in [6, 6.07) is 10.4. The van der Waals surface area contributed by atoms with Gasteiger partial charge in [0.05, 0.1) is 11.3 Å². The van der Waals surface area contributed by atoms with Gasteiger partial charge in [-0.05, 0) is 70.8 Å². The van der Waals surface area contributed by atoms with Crippen LogP contribution in [0.4, 0.5) is 5.69 Å². The molecule has 5 nitrogen and oxygen atoms in total. The van der Waals surface area contributed by atoms with Crippen LogP contribution in [0, 0.1) is 14.2 Å². The Morgan fingerprint density at radius 1 is 1.22 bits per heavy atom. The number of thioether (sulfide) groups is 1. The van der Waals surface area contributed by atoms with Gasteiger partial charge in [-0.1, -0.05) is 0 Å². The summed E-state index contributed by atoms with van der Waals surface area (Å²) in [5.41, 5.74) is 0.976. The molecule has 0 amide bonds. The smallest absolute Gasteiger partial charge is 0.211 e. The van der Waals surface area contributed by atoms with Crippen LogP contribution < -0.4 is 0 Å². The second kappa shape index (κ2) is 6.60. The number of nitriles is 1. The van der Waals surface area contributed by atoms with Crippen LogP contribution in [0.1, 0.15) is 20.8 Å². The first kappa shape index (κ1) is 15.8. The van der Waals surface area contributed by atoms with Gasteiger partial charge < -0.3 is 0 Å². The van der Waals surface area contributed by atoms with E-state index in [4.69, 9.17) is 5.26 Å². The van der Waals surface area contributed by atoms with E-state index in [0.29, 0.717) is 5.69 Å². The molecule has 1 aromatic carbocycles. The Hall–Kier alpha value is -2.05. The normalized spacial score (nSPS) is 18.6. The number of pyridine rings is 1. The lowest BCUT2D eigenvalue weighted by Gasteiger charge is -2.20. The van der Waals surface area contributed by atoms with Gasteiger partial charge in [-0.3, -0.25) is 14.6 Å². The molecule has 23 heavy (non-hydrogen) atoms. The van der Waals surface area contributed by atoms with Gasteiger partial charge in [0.15, 0.2) is 0 Å². The fourth-order valence-corrected chi connectivity index (χ4v) is 3.17. The molecule has 1 aromatic heterocycles. The number of aliphatic imine (C=N–C) groups is 1. The van der Waals surface area contributed by atoms with Gasteiger partial charge in [0.25, 0.3) is 0 Å². The van der Waals surface area contributed by atoms with Crippen molar-refractivity contribution in [2.45, 2.75) is 5.25 Å². The Morgan fingerprint density at radius 3 is 2.65 bits per heavy atom. The minimum absolute atomic E-state index is 0.0725. The molecule has 1 atom stereocenters. The second-order valence-electron chi connectivity index (χ2n) is 4.66. The average Bonchev–Trinajstić information content (AvgIpc) is 2.57. The van der Waals surface area contributed by atoms with Gasteiger partial charge in [0.2, 0.25) is 11.6 Å². The summed E-state index contributed by atoms with van der Waals surface area (Å²) >= 11 is 2.89. The van der Waals surface area contributed by atoms with Crippen LogP contribution in [0.5, 0.6) is 0 Å². The minimum Gasteiger partial charge on any atom is -0.291 e. The Balaban J connectivity index is 2.14. The highest BCUT2D eigenvalue weighted by molar-refractivity contribution is 14.1. The molecule has 1 unspecified atom stereocenters. The molecule has 7 heteroatoms. The highest BCUT2D eigenvalue weighted by Gasteiger charge is 2.40. The number of ketones is 2. The van der Waals surface area contributed by atoms with Crippen LogP contribution in [0.2, 0.25) is 0 Å². The fraction of sp³-hybridized carbons (Fsp3) is 0.0625. The molecule has 1 aliphatic carbocycles. The summed E-state index contributed by atoms with van der Waals surface area (Å²) in [6.07, 6.45) is 1.46. The van der Waals surface area contributed by atoms with Gasteiger partial charge >= 0.3 is 0 Å². The topological polar surface area (TPSA) is 83.2 Å². The summed E-state index contributed by atoms with van der Waals surface area (Å²) in [5, 5.41) is 9.89. The largest absolute Gasteiger partial charge is 0.291 e. The minimum atomic E-state index is -0.950. The summed E-state index contributed by atoms with van der Waals surface area (Å²) in [5.74, 6) is -0.727. The first-order valence-electron chi connectivity index (χ1n) is 6.54. The second-order valence-corrected chi connectivity index (χ2v) is 6.79. The van der Waals surface area contributed by atoms with Crippen LogP contribution in [0.25, 0.3) is 0 Å². The van der Waals surface area contributed by atoms with Gasteiger partial charge in [-0.25, -0.2) is 4.99 Å². The maximum Gasteiger partial charge on any atom is 0.211 e. The van der Waals surface area contributed by atoms with E-state index in [2.05, 4.69) is 32.6 Å². The van der Waals surface area contributed by atoms with Crippen molar-refractivity contribution in [3.8, 4) is 5.40 Å². The maximum atomic E-state index is 12.7. The number of Topliss-reactive ketones (excluding diaryl/α,β-unsaturated/α-hetero) is 2. The zero-order valence-corrected chi connectivity index (χ0v) is 14.5. The van der Waals surface area contributed by atoms with Gasteiger partial charge in [-0.2, -0.15) is 5.26 Å². The highest BCUT2D eigenvalue weighted by atomic mass is 127. The third-order valence-corrected chi connectivity index (χ3v) is 4.75. The van der Waals surface area contributed by atoms with Crippen LogP contribution >= 0.6 is 34.4 Å². The molecule has 0 N–H and O–H groups in total. The number of carbonyl (C=O) groups is 2. The van der Waals surface area contributed by atoms with Gasteiger partial charge in [0.1, 0.15) is 22.1 Å². The molecule has 0 radical (unpaired) electrons. The van der Waals surface area contributed by atoms with Crippen molar-refractivity contribution in [3.05, 3.63) is 57.4 Å². The number of benzene rings is 1. The van der Waals surface area contributed by atoms with Crippen molar-refractivity contribution in [3.63, 3.8) is 0 Å². The number of aromatic nitrogens is 1. The van der Waals surface area contributed by atoms with Crippen LogP contribution in [0.3, 0.4) is 0 Å². The van der Waals surface area contributed by atoms with Crippen molar-refractivity contribution < 1.29 is 9.59 Å². The molecule has 112 valence electrons. The van der Waals surface area contributed by atoms with E-state index < -0.39 is 5.25 Å². The highest BCUT2D eigenvalue weighted by Crippen LogP contribution is 2.28. The first-order valence-corrected chi connectivity index (χ1v) is 8.50. The molecule has 0 spiro atoms. The van der Waals surface area contributed by atoms with E-state index >= 15 is 0 Å². The van der Waals surface area contributed by atoms with E-state index in [-0.39, 0.29) is 28.5 Å². The molecule has 0 aliphatic heterocycles. The lowest BCUT2D eigenvalue weighted by atomic mass is 9.91.